The van der Waals surface area contributed by atoms with Crippen molar-refractivity contribution in [1.82, 2.24) is 10.2 Å². The molecule has 1 atom stereocenters. The van der Waals surface area contributed by atoms with Gasteiger partial charge in [-0.2, -0.15) is 0 Å². The summed E-state index contributed by atoms with van der Waals surface area (Å²) in [5, 5.41) is 3.26. The summed E-state index contributed by atoms with van der Waals surface area (Å²) >= 11 is 0. The van der Waals surface area contributed by atoms with Gasteiger partial charge in [0.1, 0.15) is 0 Å². The van der Waals surface area contributed by atoms with Crippen molar-refractivity contribution in [3.8, 4) is 0 Å². The highest BCUT2D eigenvalue weighted by molar-refractivity contribution is 5.85. The number of rotatable bonds is 5. The molecular formula is C16H25ClN2O2. The molecule has 1 aliphatic heterocycles. The van der Waals surface area contributed by atoms with Gasteiger partial charge in [-0.05, 0) is 25.0 Å². The number of nitrogens with one attached hydrogen (secondary N) is 1. The van der Waals surface area contributed by atoms with Crippen LogP contribution in [0.4, 0.5) is 0 Å². The first-order chi connectivity index (χ1) is 9.70. The molecule has 4 nitrogen and oxygen atoms in total. The van der Waals surface area contributed by atoms with Crippen LogP contribution in [0, 0.1) is 6.92 Å². The van der Waals surface area contributed by atoms with Gasteiger partial charge in [-0.25, -0.2) is 0 Å². The SMILES string of the molecule is CCN(Cc1ccccc1C)C(=O)CC1CNCCO1.Cl. The van der Waals surface area contributed by atoms with Crippen molar-refractivity contribution in [2.75, 3.05) is 26.2 Å². The fourth-order valence-electron chi connectivity index (χ4n) is 2.44. The number of morpholine rings is 1. The Balaban J connectivity index is 0.00000220. The van der Waals surface area contributed by atoms with Gasteiger partial charge in [0.2, 0.25) is 5.91 Å². The number of hydrogen-bond acceptors (Lipinski definition) is 3. The summed E-state index contributed by atoms with van der Waals surface area (Å²) in [5.74, 6) is 0.171. The number of halogens is 1. The van der Waals surface area contributed by atoms with Crippen LogP contribution in [0.3, 0.4) is 0 Å². The van der Waals surface area contributed by atoms with E-state index in [0.717, 1.165) is 19.6 Å². The molecule has 0 bridgehead atoms. The monoisotopic (exact) mass is 312 g/mol. The number of aryl methyl sites for hydroxylation is 1. The number of amides is 1. The summed E-state index contributed by atoms with van der Waals surface area (Å²) < 4.78 is 5.61. The van der Waals surface area contributed by atoms with Gasteiger partial charge in [0.05, 0.1) is 19.1 Å². The summed E-state index contributed by atoms with van der Waals surface area (Å²) in [6.07, 6.45) is 0.481. The van der Waals surface area contributed by atoms with E-state index in [1.54, 1.807) is 0 Å². The Kier molecular flexibility index (Phi) is 7.72. The first-order valence-corrected chi connectivity index (χ1v) is 7.35. The molecule has 1 aliphatic rings. The number of hydrogen-bond donors (Lipinski definition) is 1. The van der Waals surface area contributed by atoms with Gasteiger partial charge in [0, 0.05) is 26.2 Å². The van der Waals surface area contributed by atoms with Crippen LogP contribution in [0.1, 0.15) is 24.5 Å². The molecule has 0 saturated carbocycles. The zero-order chi connectivity index (χ0) is 14.4. The van der Waals surface area contributed by atoms with Crippen molar-refractivity contribution in [2.45, 2.75) is 32.9 Å². The summed E-state index contributed by atoms with van der Waals surface area (Å²) in [6.45, 7) is 7.87. The standard InChI is InChI=1S/C16H24N2O2.ClH/c1-3-18(12-14-7-5-4-6-13(14)2)16(19)10-15-11-17-8-9-20-15;/h4-7,15,17H,3,8-12H2,1-2H3;1H. The molecule has 21 heavy (non-hydrogen) atoms. The molecule has 1 aromatic carbocycles. The average molecular weight is 313 g/mol. The summed E-state index contributed by atoms with van der Waals surface area (Å²) in [6, 6.07) is 8.22. The lowest BCUT2D eigenvalue weighted by Gasteiger charge is -2.27. The van der Waals surface area contributed by atoms with E-state index >= 15 is 0 Å². The van der Waals surface area contributed by atoms with E-state index in [-0.39, 0.29) is 24.4 Å². The zero-order valence-electron chi connectivity index (χ0n) is 12.8. The third-order valence-electron chi connectivity index (χ3n) is 3.76. The maximum atomic E-state index is 12.4. The van der Waals surface area contributed by atoms with Crippen molar-refractivity contribution >= 4 is 18.3 Å². The van der Waals surface area contributed by atoms with Crippen LogP contribution in [-0.4, -0.2) is 43.2 Å². The van der Waals surface area contributed by atoms with E-state index in [0.29, 0.717) is 19.6 Å². The smallest absolute Gasteiger partial charge is 0.225 e. The van der Waals surface area contributed by atoms with E-state index in [9.17, 15) is 4.79 Å². The fraction of sp³-hybridized carbons (Fsp3) is 0.562. The van der Waals surface area contributed by atoms with Crippen LogP contribution in [0.25, 0.3) is 0 Å². The molecule has 1 heterocycles. The van der Waals surface area contributed by atoms with Crippen molar-refractivity contribution in [2.24, 2.45) is 0 Å². The minimum atomic E-state index is 0. The van der Waals surface area contributed by atoms with Gasteiger partial charge in [-0.15, -0.1) is 12.4 Å². The second-order valence-electron chi connectivity index (χ2n) is 5.24. The topological polar surface area (TPSA) is 41.6 Å². The summed E-state index contributed by atoms with van der Waals surface area (Å²) in [5.41, 5.74) is 2.44. The van der Waals surface area contributed by atoms with Crippen molar-refractivity contribution in [3.05, 3.63) is 35.4 Å². The van der Waals surface area contributed by atoms with E-state index in [1.807, 2.05) is 24.0 Å². The molecule has 0 radical (unpaired) electrons. The molecule has 0 aromatic heterocycles. The lowest BCUT2D eigenvalue weighted by Crippen LogP contribution is -2.42. The van der Waals surface area contributed by atoms with Crippen LogP contribution < -0.4 is 5.32 Å². The fourth-order valence-corrected chi connectivity index (χ4v) is 2.44. The highest BCUT2D eigenvalue weighted by Crippen LogP contribution is 2.12. The Morgan fingerprint density at radius 1 is 1.43 bits per heavy atom. The van der Waals surface area contributed by atoms with E-state index in [4.69, 9.17) is 4.74 Å². The van der Waals surface area contributed by atoms with Crippen molar-refractivity contribution < 1.29 is 9.53 Å². The van der Waals surface area contributed by atoms with Crippen LogP contribution >= 0.6 is 12.4 Å². The molecule has 1 amide bonds. The van der Waals surface area contributed by atoms with E-state index in [1.165, 1.54) is 11.1 Å². The third-order valence-corrected chi connectivity index (χ3v) is 3.76. The average Bonchev–Trinajstić information content (AvgIpc) is 2.47. The first kappa shape index (κ1) is 18.0. The van der Waals surface area contributed by atoms with E-state index < -0.39 is 0 Å². The highest BCUT2D eigenvalue weighted by Gasteiger charge is 2.21. The van der Waals surface area contributed by atoms with Gasteiger partial charge >= 0.3 is 0 Å². The maximum Gasteiger partial charge on any atom is 0.225 e. The Bertz CT molecular complexity index is 448. The van der Waals surface area contributed by atoms with Gasteiger partial charge in [-0.1, -0.05) is 24.3 Å². The zero-order valence-corrected chi connectivity index (χ0v) is 13.6. The predicted octanol–water partition coefficient (Wildman–Crippen LogP) is 2.14. The minimum absolute atomic E-state index is 0. The Morgan fingerprint density at radius 2 is 2.19 bits per heavy atom. The van der Waals surface area contributed by atoms with Crippen molar-refractivity contribution in [1.29, 1.82) is 0 Å². The number of carbonyl (C=O) groups excluding carboxylic acids is 1. The molecule has 1 unspecified atom stereocenters. The Hall–Kier alpha value is -1.10. The quantitative estimate of drug-likeness (QED) is 0.906. The third kappa shape index (κ3) is 5.30. The van der Waals surface area contributed by atoms with Gasteiger partial charge in [-0.3, -0.25) is 4.79 Å². The molecule has 5 heteroatoms. The molecule has 1 N–H and O–H groups in total. The maximum absolute atomic E-state index is 12.4. The van der Waals surface area contributed by atoms with Gasteiger partial charge in [0.15, 0.2) is 0 Å². The second kappa shape index (κ2) is 9.03. The highest BCUT2D eigenvalue weighted by atomic mass is 35.5. The van der Waals surface area contributed by atoms with Crippen LogP contribution in [-0.2, 0) is 16.1 Å². The number of ether oxygens (including phenoxy) is 1. The molecule has 118 valence electrons. The van der Waals surface area contributed by atoms with Crippen LogP contribution in [0.5, 0.6) is 0 Å². The molecule has 2 rings (SSSR count). The number of benzene rings is 1. The predicted molar refractivity (Wildman–Crippen MR) is 86.7 cm³/mol. The molecular weight excluding hydrogens is 288 g/mol. The van der Waals surface area contributed by atoms with E-state index in [2.05, 4.69) is 24.4 Å². The molecule has 1 saturated heterocycles. The lowest BCUT2D eigenvalue weighted by atomic mass is 10.1. The number of nitrogens with zero attached hydrogens (tertiary/aromatic N) is 1. The molecule has 1 aromatic rings. The lowest BCUT2D eigenvalue weighted by molar-refractivity contribution is -0.135. The van der Waals surface area contributed by atoms with Gasteiger partial charge in [0.25, 0.3) is 0 Å². The Morgan fingerprint density at radius 3 is 2.81 bits per heavy atom. The Labute approximate surface area is 133 Å². The molecule has 1 fully saturated rings. The van der Waals surface area contributed by atoms with Crippen LogP contribution in [0.2, 0.25) is 0 Å². The van der Waals surface area contributed by atoms with Crippen LogP contribution in [0.15, 0.2) is 24.3 Å². The minimum Gasteiger partial charge on any atom is -0.375 e. The first-order valence-electron chi connectivity index (χ1n) is 7.35. The van der Waals surface area contributed by atoms with Crippen molar-refractivity contribution in [3.63, 3.8) is 0 Å². The number of carbonyl (C=O) groups is 1. The van der Waals surface area contributed by atoms with Gasteiger partial charge < -0.3 is 15.0 Å². The normalized spacial score (nSPS) is 17.9. The summed E-state index contributed by atoms with van der Waals surface area (Å²) in [7, 11) is 0. The second-order valence-corrected chi connectivity index (χ2v) is 5.24. The molecule has 0 aliphatic carbocycles. The summed E-state index contributed by atoms with van der Waals surface area (Å²) in [4.78, 5) is 14.3. The largest absolute Gasteiger partial charge is 0.375 e. The molecule has 0 spiro atoms.